The molecule has 0 bridgehead atoms. The van der Waals surface area contributed by atoms with Gasteiger partial charge in [0, 0.05) is 47.0 Å². The lowest BCUT2D eigenvalue weighted by atomic mass is 9.78. The van der Waals surface area contributed by atoms with E-state index in [1.165, 1.54) is 6.07 Å². The first-order chi connectivity index (χ1) is 25.4. The molecule has 0 N–H and O–H groups in total. The van der Waals surface area contributed by atoms with Crippen LogP contribution in [0.3, 0.4) is 0 Å². The molecule has 0 aromatic heterocycles. The van der Waals surface area contributed by atoms with E-state index >= 15 is 0 Å². The summed E-state index contributed by atoms with van der Waals surface area (Å²) in [5, 5.41) is 3.59. The fourth-order valence-corrected chi connectivity index (χ4v) is 3.48. The zero-order chi connectivity index (χ0) is 45.5. The van der Waals surface area contributed by atoms with Gasteiger partial charge in [-0.1, -0.05) is 62.9 Å². The van der Waals surface area contributed by atoms with Crippen LogP contribution in [0.4, 0.5) is 13.2 Å². The number of hydrogen-bond donors (Lipinski definition) is 0. The van der Waals surface area contributed by atoms with Crippen molar-refractivity contribution in [1.82, 2.24) is 4.90 Å². The number of halogens is 3. The molecule has 2 aromatic carbocycles. The van der Waals surface area contributed by atoms with Crippen LogP contribution in [0.25, 0.3) is 0 Å². The minimum Gasteiger partial charge on any atom is -0.391 e. The normalized spacial score (nSPS) is 45.4. The van der Waals surface area contributed by atoms with Gasteiger partial charge in [-0.2, -0.15) is 13.2 Å². The van der Waals surface area contributed by atoms with Crippen molar-refractivity contribution in [3.8, 4) is 0 Å². The van der Waals surface area contributed by atoms with Crippen molar-refractivity contribution >= 4 is 5.71 Å². The Morgan fingerprint density at radius 3 is 2.56 bits per heavy atom. The highest BCUT2D eigenvalue weighted by atomic mass is 19.4. The largest absolute Gasteiger partial charge is 0.416 e. The molecule has 1 heterocycles. The SMILES string of the molecule is [2H]C([2H])(O/N=C(\C)c1ccc(CN2C([2H])([2H])C([2H])(C)C2([2H])[2H])c(C([2H])([2H])C([2H])([2H])[2H])c1)c1ccc(C2([2H])C([2H])([2H])C([2H])([2H])C([2H])(C)C([2H])([2H])C2([2H])[2H])c(C(F)(F)F)c1. The van der Waals surface area contributed by atoms with E-state index in [-0.39, 0.29) is 29.0 Å². The van der Waals surface area contributed by atoms with Crippen LogP contribution in [-0.2, 0) is 30.5 Å². The maximum absolute atomic E-state index is 14.7. The second kappa shape index (κ2) is 11.4. The van der Waals surface area contributed by atoms with Crippen LogP contribution in [0, 0.1) is 11.8 Å². The molecular formula is C30H39F3N2O. The lowest BCUT2D eigenvalue weighted by Crippen LogP contribution is -2.44. The minimum atomic E-state index is -5.63. The van der Waals surface area contributed by atoms with E-state index in [2.05, 4.69) is 5.16 Å². The van der Waals surface area contributed by atoms with Gasteiger partial charge in [0.25, 0.3) is 0 Å². The maximum Gasteiger partial charge on any atom is 0.416 e. The Kier molecular flexibility index (Phi) is 3.30. The molecule has 1 saturated heterocycles. The Morgan fingerprint density at radius 2 is 1.86 bits per heavy atom. The number of rotatable bonds is 8. The number of alkyl halides is 3. The lowest BCUT2D eigenvalue weighted by Gasteiger charge is -2.37. The smallest absolute Gasteiger partial charge is 0.391 e. The first-order valence-electron chi connectivity index (χ1n) is 21.8. The van der Waals surface area contributed by atoms with Gasteiger partial charge in [-0.15, -0.1) is 0 Å². The zero-order valence-electron chi connectivity index (χ0n) is 41.6. The van der Waals surface area contributed by atoms with Crippen LogP contribution in [-0.4, -0.2) is 23.6 Å². The molecule has 0 spiro atoms. The molecule has 6 heteroatoms. The molecule has 1 saturated carbocycles. The fraction of sp³-hybridized carbons (Fsp3) is 0.567. The third-order valence-corrected chi connectivity index (χ3v) is 5.29. The van der Waals surface area contributed by atoms with E-state index in [9.17, 15) is 13.2 Å². The Hall–Kier alpha value is -2.34. The van der Waals surface area contributed by atoms with E-state index in [4.69, 9.17) is 35.0 Å². The summed E-state index contributed by atoms with van der Waals surface area (Å²) in [5.74, 6) is -9.59. The predicted octanol–water partition coefficient (Wildman–Crippen LogP) is 7.95. The Morgan fingerprint density at radius 1 is 1.11 bits per heavy atom. The monoisotopic (exact) mass is 522 g/mol. The van der Waals surface area contributed by atoms with Crippen molar-refractivity contribution in [3.05, 3.63) is 69.8 Å². The molecule has 2 aliphatic rings. The molecular weight excluding hydrogens is 461 g/mol. The van der Waals surface area contributed by atoms with Crippen molar-refractivity contribution < 1.29 is 48.2 Å². The lowest BCUT2D eigenvalue weighted by molar-refractivity contribution is -0.138. The van der Waals surface area contributed by atoms with Crippen molar-refractivity contribution in [2.24, 2.45) is 16.9 Å². The number of oxime groups is 1. The molecule has 0 atom stereocenters. The van der Waals surface area contributed by atoms with Crippen LogP contribution in [0.5, 0.6) is 0 Å². The molecule has 4 rings (SSSR count). The van der Waals surface area contributed by atoms with Crippen LogP contribution in [0.15, 0.2) is 41.6 Å². The molecule has 0 unspecified atom stereocenters. The minimum absolute atomic E-state index is 0.0228. The van der Waals surface area contributed by atoms with Crippen LogP contribution in [0.2, 0.25) is 0 Å². The Bertz CT molecular complexity index is 1940. The average Bonchev–Trinajstić information content (AvgIpc) is 3.06. The summed E-state index contributed by atoms with van der Waals surface area (Å²) < 4.78 is 226. The number of aryl methyl sites for hydroxylation is 1. The summed E-state index contributed by atoms with van der Waals surface area (Å²) >= 11 is 0. The van der Waals surface area contributed by atoms with Gasteiger partial charge in [0.05, 0.1) is 14.0 Å². The van der Waals surface area contributed by atoms with E-state index in [0.717, 1.165) is 26.0 Å². The standard InChI is InChI=1S/C30H39F3N2O/c1-5-24-15-26(11-12-27(24)18-35-16-21(3)17-35)22(4)34-36-19-23-8-13-28(29(14-23)30(31,32)33)25-9-6-20(2)7-10-25/h8,11-15,20-21,25H,5-7,9-10,16-19H2,1-4H3/b34-22+/i1D3,5D2,6D2,7D2,9D2,10D2,16D2,17D2,19D2,20D,21D,25D. The zero-order valence-corrected chi connectivity index (χ0v) is 19.6. The Balaban J connectivity index is 1.81. The molecule has 3 nitrogen and oxygen atoms in total. The second-order valence-electron chi connectivity index (χ2n) is 8.06. The average molecular weight is 523 g/mol. The van der Waals surface area contributed by atoms with Gasteiger partial charge >= 0.3 is 6.18 Å². The number of benzene rings is 2. The topological polar surface area (TPSA) is 24.8 Å². The van der Waals surface area contributed by atoms with Crippen LogP contribution in [0.1, 0.15) is 123 Å². The van der Waals surface area contributed by atoms with Crippen molar-refractivity contribution in [1.29, 1.82) is 0 Å². The summed E-state index contributed by atoms with van der Waals surface area (Å²) in [6.45, 7) is -9.86. The van der Waals surface area contributed by atoms with Crippen molar-refractivity contribution in [2.75, 3.05) is 13.0 Å². The second-order valence-corrected chi connectivity index (χ2v) is 8.06. The first-order valence-corrected chi connectivity index (χ1v) is 10.8. The van der Waals surface area contributed by atoms with Gasteiger partial charge in [0.2, 0.25) is 0 Å². The summed E-state index contributed by atoms with van der Waals surface area (Å²) in [5.41, 5.74) is -5.94. The fourth-order valence-electron chi connectivity index (χ4n) is 3.48. The molecule has 0 amide bonds. The molecule has 0 radical (unpaired) electrons. The van der Waals surface area contributed by atoms with Crippen molar-refractivity contribution in [3.63, 3.8) is 0 Å². The molecule has 1 aliphatic carbocycles. The number of likely N-dealkylation sites (tertiary alicyclic amines) is 1. The molecule has 36 heavy (non-hydrogen) atoms. The van der Waals surface area contributed by atoms with Crippen molar-refractivity contribution in [2.45, 2.75) is 84.7 Å². The first kappa shape index (κ1) is 10.4. The Labute approximate surface area is 244 Å². The van der Waals surface area contributed by atoms with Gasteiger partial charge < -0.3 is 4.84 Å². The van der Waals surface area contributed by atoms with Gasteiger partial charge in [-0.25, -0.2) is 0 Å². The summed E-state index contributed by atoms with van der Waals surface area (Å²) in [6.07, 6.45) is -24.4. The third kappa shape index (κ3) is 6.50. The molecule has 2 fully saturated rings. The number of hydrogen-bond acceptors (Lipinski definition) is 3. The van der Waals surface area contributed by atoms with Gasteiger partial charge in [0.15, 0.2) is 0 Å². The molecule has 2 aromatic rings. The van der Waals surface area contributed by atoms with E-state index in [0.29, 0.717) is 17.9 Å². The van der Waals surface area contributed by atoms with E-state index < -0.39 is 111 Å². The van der Waals surface area contributed by atoms with Gasteiger partial charge in [-0.3, -0.25) is 4.90 Å². The highest BCUT2D eigenvalue weighted by molar-refractivity contribution is 5.98. The molecule has 196 valence electrons. The van der Waals surface area contributed by atoms with E-state index in [1.807, 2.05) is 0 Å². The summed E-state index contributed by atoms with van der Waals surface area (Å²) in [7, 11) is 0. The number of nitrogens with zero attached hydrogens (tertiary/aromatic N) is 2. The maximum atomic E-state index is 14.7. The highest BCUT2D eigenvalue weighted by Gasteiger charge is 2.36. The summed E-state index contributed by atoms with van der Waals surface area (Å²) in [4.78, 5) is 5.57. The molecule has 1 aliphatic heterocycles. The van der Waals surface area contributed by atoms with Gasteiger partial charge in [-0.05, 0) is 83.7 Å². The van der Waals surface area contributed by atoms with Gasteiger partial charge in [0.1, 0.15) is 6.56 Å². The van der Waals surface area contributed by atoms with E-state index in [1.54, 1.807) is 0 Å². The van der Waals surface area contributed by atoms with Crippen LogP contribution >= 0.6 is 0 Å². The third-order valence-electron chi connectivity index (χ3n) is 5.29. The quantitative estimate of drug-likeness (QED) is 0.260. The highest BCUT2D eigenvalue weighted by Crippen LogP contribution is 2.42. The predicted molar refractivity (Wildman–Crippen MR) is 139 cm³/mol. The van der Waals surface area contributed by atoms with Crippen LogP contribution < -0.4 is 0 Å². The summed E-state index contributed by atoms with van der Waals surface area (Å²) in [6, 6.07) is 4.09.